The van der Waals surface area contributed by atoms with Gasteiger partial charge in [-0.15, -0.1) is 0 Å². The molecule has 1 aliphatic heterocycles. The van der Waals surface area contributed by atoms with Gasteiger partial charge in [-0.2, -0.15) is 0 Å². The third-order valence-corrected chi connectivity index (χ3v) is 4.41. The number of aromatic amines is 2. The maximum absolute atomic E-state index is 12.8. The molecule has 0 fully saturated rings. The SMILES string of the molecule is Cc1cc(C)c(C(=O)N2CCc3nc(N(C)C)[nH]c(=O)c3CC2)[nH]1. The third-order valence-electron chi connectivity index (χ3n) is 4.41. The van der Waals surface area contributed by atoms with Crippen molar-refractivity contribution in [2.45, 2.75) is 26.7 Å². The average Bonchev–Trinajstić information content (AvgIpc) is 2.73. The lowest BCUT2D eigenvalue weighted by Gasteiger charge is -2.19. The number of nitrogens with one attached hydrogen (secondary N) is 2. The van der Waals surface area contributed by atoms with Crippen LogP contribution >= 0.6 is 0 Å². The van der Waals surface area contributed by atoms with Gasteiger partial charge in [-0.3, -0.25) is 14.6 Å². The number of carbonyl (C=O) groups is 1. The Morgan fingerprint density at radius 3 is 2.54 bits per heavy atom. The number of amides is 1. The molecule has 0 aliphatic carbocycles. The fraction of sp³-hybridized carbons (Fsp3) is 0.471. The van der Waals surface area contributed by atoms with Gasteiger partial charge < -0.3 is 14.8 Å². The predicted octanol–water partition coefficient (Wildman–Crippen LogP) is 1.02. The second-order valence-electron chi connectivity index (χ2n) is 6.51. The van der Waals surface area contributed by atoms with E-state index in [9.17, 15) is 9.59 Å². The Morgan fingerprint density at radius 2 is 1.92 bits per heavy atom. The van der Waals surface area contributed by atoms with Gasteiger partial charge in [0.05, 0.1) is 5.69 Å². The van der Waals surface area contributed by atoms with Crippen molar-refractivity contribution in [1.29, 1.82) is 0 Å². The van der Waals surface area contributed by atoms with Gasteiger partial charge in [-0.05, 0) is 31.9 Å². The van der Waals surface area contributed by atoms with Gasteiger partial charge in [0.15, 0.2) is 0 Å². The second-order valence-corrected chi connectivity index (χ2v) is 6.51. The number of carbonyl (C=O) groups excluding carboxylic acids is 1. The van der Waals surface area contributed by atoms with E-state index in [1.165, 1.54) is 0 Å². The van der Waals surface area contributed by atoms with E-state index in [0.717, 1.165) is 17.0 Å². The highest BCUT2D eigenvalue weighted by molar-refractivity contribution is 5.94. The molecule has 0 saturated carbocycles. The summed E-state index contributed by atoms with van der Waals surface area (Å²) in [6, 6.07) is 1.97. The summed E-state index contributed by atoms with van der Waals surface area (Å²) in [6.07, 6.45) is 1.11. The van der Waals surface area contributed by atoms with Crippen LogP contribution in [0.25, 0.3) is 0 Å². The fourth-order valence-corrected chi connectivity index (χ4v) is 3.12. The van der Waals surface area contributed by atoms with Gasteiger partial charge in [0.1, 0.15) is 5.69 Å². The van der Waals surface area contributed by atoms with Crippen molar-refractivity contribution >= 4 is 11.9 Å². The van der Waals surface area contributed by atoms with Crippen LogP contribution in [0.4, 0.5) is 5.95 Å². The van der Waals surface area contributed by atoms with Crippen molar-refractivity contribution in [1.82, 2.24) is 19.9 Å². The molecule has 2 aromatic heterocycles. The van der Waals surface area contributed by atoms with Crippen molar-refractivity contribution in [2.24, 2.45) is 0 Å². The lowest BCUT2D eigenvalue weighted by atomic mass is 10.1. The Bertz CT molecular complexity index is 834. The van der Waals surface area contributed by atoms with E-state index in [-0.39, 0.29) is 11.5 Å². The summed E-state index contributed by atoms with van der Waals surface area (Å²) >= 11 is 0. The average molecular weight is 329 g/mol. The molecule has 3 rings (SSSR count). The van der Waals surface area contributed by atoms with Crippen LogP contribution in [-0.2, 0) is 12.8 Å². The third kappa shape index (κ3) is 2.93. The van der Waals surface area contributed by atoms with Crippen LogP contribution in [0, 0.1) is 13.8 Å². The minimum Gasteiger partial charge on any atom is -0.354 e. The van der Waals surface area contributed by atoms with E-state index in [1.54, 1.807) is 9.80 Å². The molecule has 0 aromatic carbocycles. The zero-order valence-corrected chi connectivity index (χ0v) is 14.6. The van der Waals surface area contributed by atoms with Crippen molar-refractivity contribution in [3.05, 3.63) is 44.6 Å². The zero-order valence-electron chi connectivity index (χ0n) is 14.6. The van der Waals surface area contributed by atoms with Gasteiger partial charge in [-0.25, -0.2) is 4.98 Å². The van der Waals surface area contributed by atoms with Crippen molar-refractivity contribution in [3.8, 4) is 0 Å². The molecule has 1 amide bonds. The van der Waals surface area contributed by atoms with Gasteiger partial charge >= 0.3 is 0 Å². The summed E-state index contributed by atoms with van der Waals surface area (Å²) in [5.41, 5.74) is 3.93. The molecule has 2 N–H and O–H groups in total. The molecular weight excluding hydrogens is 306 g/mol. The molecule has 1 aliphatic rings. The Balaban J connectivity index is 1.85. The maximum Gasteiger partial charge on any atom is 0.270 e. The molecule has 128 valence electrons. The highest BCUT2D eigenvalue weighted by Crippen LogP contribution is 2.17. The monoisotopic (exact) mass is 329 g/mol. The fourth-order valence-electron chi connectivity index (χ4n) is 3.12. The number of aryl methyl sites for hydroxylation is 2. The van der Waals surface area contributed by atoms with E-state index in [2.05, 4.69) is 15.0 Å². The predicted molar refractivity (Wildman–Crippen MR) is 92.8 cm³/mol. The molecule has 7 nitrogen and oxygen atoms in total. The van der Waals surface area contributed by atoms with Crippen LogP contribution in [0.1, 0.15) is 33.0 Å². The van der Waals surface area contributed by atoms with Crippen molar-refractivity contribution < 1.29 is 4.79 Å². The molecule has 7 heteroatoms. The first kappa shape index (κ1) is 16.3. The molecule has 0 spiro atoms. The Morgan fingerprint density at radius 1 is 1.21 bits per heavy atom. The Hall–Kier alpha value is -2.57. The number of H-pyrrole nitrogens is 2. The first-order valence-corrected chi connectivity index (χ1v) is 8.11. The Kier molecular flexibility index (Phi) is 4.17. The number of hydrogen-bond donors (Lipinski definition) is 2. The Labute approximate surface area is 140 Å². The highest BCUT2D eigenvalue weighted by Gasteiger charge is 2.24. The number of hydrogen-bond acceptors (Lipinski definition) is 4. The minimum absolute atomic E-state index is 0.0160. The molecule has 0 atom stereocenters. The smallest absolute Gasteiger partial charge is 0.270 e. The van der Waals surface area contributed by atoms with E-state index >= 15 is 0 Å². The van der Waals surface area contributed by atoms with Gasteiger partial charge in [0.25, 0.3) is 11.5 Å². The number of nitrogens with zero attached hydrogens (tertiary/aromatic N) is 3. The molecule has 24 heavy (non-hydrogen) atoms. The van der Waals surface area contributed by atoms with E-state index in [1.807, 2.05) is 34.0 Å². The van der Waals surface area contributed by atoms with E-state index in [4.69, 9.17) is 0 Å². The standard InChI is InChI=1S/C17H23N5O2/c1-10-9-11(2)18-14(10)16(24)22-7-5-12-13(6-8-22)19-17(21(3)4)20-15(12)23/h9,18H,5-8H2,1-4H3,(H,19,20,23). The highest BCUT2D eigenvalue weighted by atomic mass is 16.2. The largest absolute Gasteiger partial charge is 0.354 e. The van der Waals surface area contributed by atoms with Crippen LogP contribution in [0.5, 0.6) is 0 Å². The molecule has 0 radical (unpaired) electrons. The molecular formula is C17H23N5O2. The van der Waals surface area contributed by atoms with Gasteiger partial charge in [-0.1, -0.05) is 0 Å². The van der Waals surface area contributed by atoms with Crippen molar-refractivity contribution in [3.63, 3.8) is 0 Å². The zero-order chi connectivity index (χ0) is 17.4. The van der Waals surface area contributed by atoms with Gasteiger partial charge in [0.2, 0.25) is 5.95 Å². The number of anilines is 1. The lowest BCUT2D eigenvalue weighted by molar-refractivity contribution is 0.0757. The summed E-state index contributed by atoms with van der Waals surface area (Å²) in [5, 5.41) is 0. The molecule has 0 bridgehead atoms. The number of rotatable bonds is 2. The molecule has 3 heterocycles. The van der Waals surface area contributed by atoms with E-state index in [0.29, 0.717) is 43.1 Å². The maximum atomic E-state index is 12.8. The van der Waals surface area contributed by atoms with Crippen LogP contribution in [0.3, 0.4) is 0 Å². The summed E-state index contributed by atoms with van der Waals surface area (Å²) in [4.78, 5) is 39.2. The second kappa shape index (κ2) is 6.14. The van der Waals surface area contributed by atoms with Crippen molar-refractivity contribution in [2.75, 3.05) is 32.1 Å². The summed E-state index contributed by atoms with van der Waals surface area (Å²) in [6.45, 7) is 4.95. The molecule has 0 unspecified atom stereocenters. The van der Waals surface area contributed by atoms with Gasteiger partial charge in [0, 0.05) is 44.9 Å². The first-order valence-electron chi connectivity index (χ1n) is 8.11. The number of aromatic nitrogens is 3. The quantitative estimate of drug-likeness (QED) is 0.861. The first-order chi connectivity index (χ1) is 11.4. The molecule has 0 saturated heterocycles. The van der Waals surface area contributed by atoms with E-state index < -0.39 is 0 Å². The lowest BCUT2D eigenvalue weighted by Crippen LogP contribution is -2.34. The molecule has 2 aromatic rings. The van der Waals surface area contributed by atoms with Crippen LogP contribution in [0.2, 0.25) is 0 Å². The topological polar surface area (TPSA) is 85.1 Å². The summed E-state index contributed by atoms with van der Waals surface area (Å²) in [5.74, 6) is 0.534. The van der Waals surface area contributed by atoms with Crippen LogP contribution in [0.15, 0.2) is 10.9 Å². The minimum atomic E-state index is -0.107. The summed E-state index contributed by atoms with van der Waals surface area (Å²) < 4.78 is 0. The number of fused-ring (bicyclic) bond motifs is 1. The summed E-state index contributed by atoms with van der Waals surface area (Å²) in [7, 11) is 3.68. The van der Waals surface area contributed by atoms with Crippen LogP contribution in [-0.4, -0.2) is 52.9 Å². The normalized spacial score (nSPS) is 14.2. The van der Waals surface area contributed by atoms with Crippen LogP contribution < -0.4 is 10.5 Å².